The third-order valence-corrected chi connectivity index (χ3v) is 3.99. The molecule has 1 aromatic heterocycles. The Balaban J connectivity index is 1.74. The van der Waals surface area contributed by atoms with E-state index in [9.17, 15) is 0 Å². The number of pyridine rings is 1. The van der Waals surface area contributed by atoms with E-state index in [1.807, 2.05) is 12.3 Å². The molecule has 1 fully saturated rings. The minimum Gasteiger partial charge on any atom is -0.397 e. The molecule has 1 saturated heterocycles. The van der Waals surface area contributed by atoms with Gasteiger partial charge in [-0.15, -0.1) is 0 Å². The first-order chi connectivity index (χ1) is 9.74. The monoisotopic (exact) mass is 270 g/mol. The first-order valence-corrected chi connectivity index (χ1v) is 7.35. The highest BCUT2D eigenvalue weighted by atomic mass is 15.2. The molecule has 1 aromatic carbocycles. The number of aromatic nitrogens is 1. The molecule has 0 radical (unpaired) electrons. The average Bonchev–Trinajstić information content (AvgIpc) is 2.95. The van der Waals surface area contributed by atoms with E-state index in [-0.39, 0.29) is 0 Å². The summed E-state index contributed by atoms with van der Waals surface area (Å²) in [7, 11) is 0. The second kappa shape index (κ2) is 5.67. The lowest BCUT2D eigenvalue weighted by Crippen LogP contribution is -2.33. The van der Waals surface area contributed by atoms with Gasteiger partial charge in [-0.25, -0.2) is 0 Å². The molecule has 3 N–H and O–H groups in total. The van der Waals surface area contributed by atoms with Crippen LogP contribution in [-0.4, -0.2) is 35.6 Å². The van der Waals surface area contributed by atoms with Gasteiger partial charge in [-0.2, -0.15) is 0 Å². The van der Waals surface area contributed by atoms with Crippen molar-refractivity contribution in [2.45, 2.75) is 25.8 Å². The molecule has 2 aromatic rings. The lowest BCUT2D eigenvalue weighted by molar-refractivity contribution is 0.328. The van der Waals surface area contributed by atoms with Gasteiger partial charge in [0.2, 0.25) is 0 Å². The summed E-state index contributed by atoms with van der Waals surface area (Å²) >= 11 is 0. The van der Waals surface area contributed by atoms with Crippen LogP contribution < -0.4 is 11.1 Å². The summed E-state index contributed by atoms with van der Waals surface area (Å²) in [5, 5.41) is 5.70. The Kier molecular flexibility index (Phi) is 3.74. The summed E-state index contributed by atoms with van der Waals surface area (Å²) in [6.45, 7) is 5.75. The molecule has 0 bridgehead atoms. The Hall–Kier alpha value is -1.81. The van der Waals surface area contributed by atoms with Crippen LogP contribution in [0.25, 0.3) is 10.8 Å². The van der Waals surface area contributed by atoms with Gasteiger partial charge in [0, 0.05) is 35.8 Å². The van der Waals surface area contributed by atoms with Gasteiger partial charge in [-0.05, 0) is 45.0 Å². The van der Waals surface area contributed by atoms with Gasteiger partial charge in [0.15, 0.2) is 0 Å². The number of fused-ring (bicyclic) bond motifs is 1. The standard InChI is InChI=1S/C16H22N4/c1-12(11-20-8-2-3-9-20)19-15-5-4-13-10-18-7-6-14(13)16(15)17/h4-7,10,12,19H,2-3,8-9,11,17H2,1H3. The third-order valence-electron chi connectivity index (χ3n) is 3.99. The van der Waals surface area contributed by atoms with E-state index in [1.54, 1.807) is 6.20 Å². The van der Waals surface area contributed by atoms with Crippen LogP contribution in [0.3, 0.4) is 0 Å². The fourth-order valence-corrected chi connectivity index (χ4v) is 2.98. The van der Waals surface area contributed by atoms with E-state index >= 15 is 0 Å². The topological polar surface area (TPSA) is 54.2 Å². The van der Waals surface area contributed by atoms with Crippen molar-refractivity contribution >= 4 is 22.1 Å². The molecule has 1 aliphatic heterocycles. The molecule has 2 heterocycles. The van der Waals surface area contributed by atoms with Gasteiger partial charge in [-0.1, -0.05) is 6.07 Å². The number of rotatable bonds is 4. The lowest BCUT2D eigenvalue weighted by atomic mass is 10.1. The first kappa shape index (κ1) is 13.2. The molecule has 0 aliphatic carbocycles. The first-order valence-electron chi connectivity index (χ1n) is 7.35. The lowest BCUT2D eigenvalue weighted by Gasteiger charge is -2.23. The van der Waals surface area contributed by atoms with Crippen LogP contribution in [0.2, 0.25) is 0 Å². The van der Waals surface area contributed by atoms with Crippen molar-refractivity contribution in [1.29, 1.82) is 0 Å². The largest absolute Gasteiger partial charge is 0.397 e. The number of nitrogens with two attached hydrogens (primary N) is 1. The number of likely N-dealkylation sites (tertiary alicyclic amines) is 1. The minimum absolute atomic E-state index is 0.398. The molecule has 4 heteroatoms. The molecular weight excluding hydrogens is 248 g/mol. The Morgan fingerprint density at radius 2 is 2.10 bits per heavy atom. The smallest absolute Gasteiger partial charge is 0.0630 e. The Labute approximate surface area is 120 Å². The van der Waals surface area contributed by atoms with Crippen LogP contribution in [0.15, 0.2) is 30.6 Å². The van der Waals surface area contributed by atoms with Gasteiger partial charge >= 0.3 is 0 Å². The molecule has 3 rings (SSSR count). The van der Waals surface area contributed by atoms with Crippen LogP contribution in [0.4, 0.5) is 11.4 Å². The maximum absolute atomic E-state index is 6.27. The highest BCUT2D eigenvalue weighted by Gasteiger charge is 2.15. The van der Waals surface area contributed by atoms with Crippen molar-refractivity contribution in [2.75, 3.05) is 30.7 Å². The van der Waals surface area contributed by atoms with Crippen molar-refractivity contribution in [3.8, 4) is 0 Å². The van der Waals surface area contributed by atoms with Crippen molar-refractivity contribution in [3.63, 3.8) is 0 Å². The normalized spacial score (nSPS) is 17.4. The average molecular weight is 270 g/mol. The van der Waals surface area contributed by atoms with E-state index in [0.29, 0.717) is 6.04 Å². The van der Waals surface area contributed by atoms with E-state index in [1.165, 1.54) is 25.9 Å². The highest BCUT2D eigenvalue weighted by Crippen LogP contribution is 2.28. The van der Waals surface area contributed by atoms with Gasteiger partial charge in [0.1, 0.15) is 0 Å². The van der Waals surface area contributed by atoms with E-state index in [0.717, 1.165) is 28.7 Å². The van der Waals surface area contributed by atoms with Gasteiger partial charge in [0.05, 0.1) is 11.4 Å². The molecule has 1 atom stereocenters. The molecule has 0 amide bonds. The fraction of sp³-hybridized carbons (Fsp3) is 0.438. The van der Waals surface area contributed by atoms with Crippen LogP contribution in [0.1, 0.15) is 19.8 Å². The maximum Gasteiger partial charge on any atom is 0.0630 e. The summed E-state index contributed by atoms with van der Waals surface area (Å²) < 4.78 is 0. The van der Waals surface area contributed by atoms with Crippen molar-refractivity contribution < 1.29 is 0 Å². The number of hydrogen-bond acceptors (Lipinski definition) is 4. The zero-order valence-corrected chi connectivity index (χ0v) is 12.0. The molecule has 106 valence electrons. The summed E-state index contributed by atoms with van der Waals surface area (Å²) in [6.07, 6.45) is 6.30. The minimum atomic E-state index is 0.398. The van der Waals surface area contributed by atoms with Crippen LogP contribution in [0, 0.1) is 0 Å². The fourth-order valence-electron chi connectivity index (χ4n) is 2.98. The second-order valence-electron chi connectivity index (χ2n) is 5.68. The third kappa shape index (κ3) is 2.70. The van der Waals surface area contributed by atoms with Crippen LogP contribution in [-0.2, 0) is 0 Å². The zero-order chi connectivity index (χ0) is 13.9. The summed E-state index contributed by atoms with van der Waals surface area (Å²) in [5.41, 5.74) is 8.11. The Morgan fingerprint density at radius 1 is 1.30 bits per heavy atom. The highest BCUT2D eigenvalue weighted by molar-refractivity contribution is 5.98. The quantitative estimate of drug-likeness (QED) is 0.839. The Morgan fingerprint density at radius 3 is 2.90 bits per heavy atom. The Bertz CT molecular complexity index is 590. The summed E-state index contributed by atoms with van der Waals surface area (Å²) in [6, 6.07) is 6.50. The second-order valence-corrected chi connectivity index (χ2v) is 5.68. The molecule has 1 unspecified atom stereocenters. The van der Waals surface area contributed by atoms with Crippen molar-refractivity contribution in [2.24, 2.45) is 0 Å². The van der Waals surface area contributed by atoms with E-state index in [4.69, 9.17) is 5.73 Å². The summed E-state index contributed by atoms with van der Waals surface area (Å²) in [5.74, 6) is 0. The molecule has 0 spiro atoms. The van der Waals surface area contributed by atoms with Gasteiger partial charge < -0.3 is 16.0 Å². The SMILES string of the molecule is CC(CN1CCCC1)Nc1ccc2cnccc2c1N. The van der Waals surface area contributed by atoms with Crippen LogP contribution >= 0.6 is 0 Å². The number of anilines is 2. The zero-order valence-electron chi connectivity index (χ0n) is 12.0. The summed E-state index contributed by atoms with van der Waals surface area (Å²) in [4.78, 5) is 6.64. The van der Waals surface area contributed by atoms with Crippen LogP contribution in [0.5, 0.6) is 0 Å². The predicted molar refractivity (Wildman–Crippen MR) is 84.9 cm³/mol. The molecule has 4 nitrogen and oxygen atoms in total. The van der Waals surface area contributed by atoms with E-state index < -0.39 is 0 Å². The van der Waals surface area contributed by atoms with Crippen molar-refractivity contribution in [3.05, 3.63) is 30.6 Å². The van der Waals surface area contributed by atoms with E-state index in [2.05, 4.69) is 34.3 Å². The molecule has 1 aliphatic rings. The van der Waals surface area contributed by atoms with Gasteiger partial charge in [-0.3, -0.25) is 4.98 Å². The molecule has 20 heavy (non-hydrogen) atoms. The number of nitrogen functional groups attached to an aromatic ring is 1. The molecule has 0 saturated carbocycles. The number of hydrogen-bond donors (Lipinski definition) is 2. The number of benzene rings is 1. The predicted octanol–water partition coefficient (Wildman–Crippen LogP) is 2.71. The molecular formula is C16H22N4. The van der Waals surface area contributed by atoms with Gasteiger partial charge in [0.25, 0.3) is 0 Å². The van der Waals surface area contributed by atoms with Crippen molar-refractivity contribution in [1.82, 2.24) is 9.88 Å². The number of nitrogens with zero attached hydrogens (tertiary/aromatic N) is 2. The maximum atomic E-state index is 6.27. The number of nitrogens with one attached hydrogen (secondary N) is 1.